The first-order chi connectivity index (χ1) is 32.6. The van der Waals surface area contributed by atoms with Crippen molar-refractivity contribution in [3.05, 3.63) is 120 Å². The topological polar surface area (TPSA) is 56.7 Å². The van der Waals surface area contributed by atoms with Crippen molar-refractivity contribution in [2.24, 2.45) is 0 Å². The normalized spacial score (nSPS) is 18.1. The molecule has 0 aliphatic carbocycles. The fourth-order valence-electron chi connectivity index (χ4n) is 12.1. The fraction of sp³-hybridized carbons (Fsp3) is 0.448. The van der Waals surface area contributed by atoms with Gasteiger partial charge in [-0.15, -0.1) is 5.54 Å². The van der Waals surface area contributed by atoms with Crippen LogP contribution < -0.4 is 19.8 Å². The molecule has 2 fully saturated rings. The van der Waals surface area contributed by atoms with Gasteiger partial charge in [-0.1, -0.05) is 153 Å². The molecule has 11 heteroatoms. The summed E-state index contributed by atoms with van der Waals surface area (Å²) in [6.07, 6.45) is 3.75. The first kappa shape index (κ1) is 50.4. The Bertz CT molecular complexity index is 2830. The van der Waals surface area contributed by atoms with Crippen molar-refractivity contribution in [1.29, 1.82) is 0 Å². The van der Waals surface area contributed by atoms with Crippen molar-refractivity contribution in [1.82, 2.24) is 14.9 Å². The highest BCUT2D eigenvalue weighted by molar-refractivity contribution is 6.99. The van der Waals surface area contributed by atoms with Gasteiger partial charge in [-0.3, -0.25) is 4.90 Å². The summed E-state index contributed by atoms with van der Waals surface area (Å²) in [5.74, 6) is 1.01. The maximum absolute atomic E-state index is 17.6. The Morgan fingerprint density at radius 3 is 2.00 bits per heavy atom. The van der Waals surface area contributed by atoms with Gasteiger partial charge in [0, 0.05) is 11.4 Å². The van der Waals surface area contributed by atoms with Crippen LogP contribution in [0.5, 0.6) is 11.9 Å². The monoisotopic (exact) mass is 969 g/mol. The van der Waals surface area contributed by atoms with E-state index in [1.807, 2.05) is 26.8 Å². The van der Waals surface area contributed by atoms with Crippen LogP contribution in [0.4, 0.5) is 13.2 Å². The average molecular weight is 970 g/mol. The molecule has 5 aromatic carbocycles. The van der Waals surface area contributed by atoms with Gasteiger partial charge in [-0.2, -0.15) is 9.97 Å². The SMILES string of the molecule is CC(C)[Si](C#Cc1c(F)ccc2cccc(-c3c(F)cc4c(OC(C)(C)C)nc(OC[C@@]56CCCN5[C@H](CO[Si](c5ccccc5)(c5ccccc5)C(C)(C)C)CC6)nc4c3F)c12)(C(C)C)C(C)C. The number of hydrogen-bond donors (Lipinski definition) is 0. The first-order valence-corrected chi connectivity index (χ1v) is 29.1. The second-order valence-electron chi connectivity index (χ2n) is 22.4. The van der Waals surface area contributed by atoms with E-state index in [1.165, 1.54) is 22.5 Å². The highest BCUT2D eigenvalue weighted by Gasteiger charge is 2.54. The Kier molecular flexibility index (Phi) is 14.1. The molecule has 2 atom stereocenters. The molecule has 69 heavy (non-hydrogen) atoms. The maximum Gasteiger partial charge on any atom is 0.320 e. The quantitative estimate of drug-likeness (QED) is 0.0849. The summed E-state index contributed by atoms with van der Waals surface area (Å²) in [4.78, 5) is 12.0. The number of nitrogens with zero attached hydrogens (tertiary/aromatic N) is 3. The third-order valence-corrected chi connectivity index (χ3v) is 26.5. The summed E-state index contributed by atoms with van der Waals surface area (Å²) in [6.45, 7) is 27.4. The summed E-state index contributed by atoms with van der Waals surface area (Å²) < 4.78 is 71.0. The van der Waals surface area contributed by atoms with Crippen LogP contribution in [0.2, 0.25) is 21.7 Å². The summed E-state index contributed by atoms with van der Waals surface area (Å²) in [5, 5.41) is 3.40. The molecule has 6 aromatic rings. The Balaban J connectivity index is 1.16. The molecule has 2 aliphatic heterocycles. The van der Waals surface area contributed by atoms with Crippen molar-refractivity contribution < 1.29 is 27.1 Å². The zero-order chi connectivity index (χ0) is 49.7. The molecular weight excluding hydrogens is 900 g/mol. The van der Waals surface area contributed by atoms with E-state index >= 15 is 13.2 Å². The zero-order valence-corrected chi connectivity index (χ0v) is 44.7. The predicted octanol–water partition coefficient (Wildman–Crippen LogP) is 13.6. The van der Waals surface area contributed by atoms with Crippen molar-refractivity contribution >= 4 is 48.4 Å². The molecule has 1 aromatic heterocycles. The van der Waals surface area contributed by atoms with E-state index in [4.69, 9.17) is 23.9 Å². The molecule has 2 aliphatic rings. The third-order valence-electron chi connectivity index (χ3n) is 15.2. The molecule has 0 saturated carbocycles. The highest BCUT2D eigenvalue weighted by atomic mass is 28.4. The minimum atomic E-state index is -2.77. The number of rotatable bonds is 13. The van der Waals surface area contributed by atoms with Crippen LogP contribution in [-0.2, 0) is 4.43 Å². The second-order valence-corrected chi connectivity index (χ2v) is 32.3. The molecule has 8 rings (SSSR count). The lowest BCUT2D eigenvalue weighted by Crippen LogP contribution is -2.67. The molecule has 0 radical (unpaired) electrons. The number of fused-ring (bicyclic) bond motifs is 3. The van der Waals surface area contributed by atoms with Gasteiger partial charge in [0.1, 0.15) is 37.4 Å². The zero-order valence-electron chi connectivity index (χ0n) is 42.7. The lowest BCUT2D eigenvalue weighted by atomic mass is 9.93. The lowest BCUT2D eigenvalue weighted by Gasteiger charge is -2.44. The summed E-state index contributed by atoms with van der Waals surface area (Å²) in [5.41, 5.74) is 3.34. The summed E-state index contributed by atoms with van der Waals surface area (Å²) in [7, 11) is -5.08. The molecule has 364 valence electrons. The number of ether oxygens (including phenoxy) is 2. The van der Waals surface area contributed by atoms with Gasteiger partial charge in [0.2, 0.25) is 5.88 Å². The van der Waals surface area contributed by atoms with Crippen LogP contribution in [0, 0.1) is 28.9 Å². The predicted molar refractivity (Wildman–Crippen MR) is 281 cm³/mol. The van der Waals surface area contributed by atoms with Crippen LogP contribution in [0.25, 0.3) is 32.8 Å². The van der Waals surface area contributed by atoms with E-state index < -0.39 is 39.4 Å². The van der Waals surface area contributed by atoms with E-state index in [9.17, 15) is 0 Å². The summed E-state index contributed by atoms with van der Waals surface area (Å²) in [6, 6.07) is 31.0. The Morgan fingerprint density at radius 1 is 0.768 bits per heavy atom. The molecule has 0 N–H and O–H groups in total. The van der Waals surface area contributed by atoms with Gasteiger partial charge in [0.05, 0.1) is 28.7 Å². The second kappa shape index (κ2) is 19.3. The van der Waals surface area contributed by atoms with Gasteiger partial charge < -0.3 is 13.9 Å². The minimum absolute atomic E-state index is 0.0171. The van der Waals surface area contributed by atoms with Crippen LogP contribution in [-0.4, -0.2) is 68.2 Å². The highest BCUT2D eigenvalue weighted by Crippen LogP contribution is 2.46. The van der Waals surface area contributed by atoms with Gasteiger partial charge in [0.25, 0.3) is 8.32 Å². The number of benzene rings is 5. The van der Waals surface area contributed by atoms with Crippen LogP contribution in [0.3, 0.4) is 0 Å². The molecule has 3 heterocycles. The van der Waals surface area contributed by atoms with Gasteiger partial charge >= 0.3 is 6.01 Å². The van der Waals surface area contributed by atoms with Crippen LogP contribution in [0.1, 0.15) is 114 Å². The summed E-state index contributed by atoms with van der Waals surface area (Å²) >= 11 is 0. The molecule has 0 spiro atoms. The van der Waals surface area contributed by atoms with E-state index in [0.29, 0.717) is 34.0 Å². The Morgan fingerprint density at radius 2 is 1.41 bits per heavy atom. The van der Waals surface area contributed by atoms with Crippen LogP contribution >= 0.6 is 0 Å². The lowest BCUT2D eigenvalue weighted by molar-refractivity contribution is 0.0658. The molecular formula is C58H70F3N3O3Si2. The van der Waals surface area contributed by atoms with Crippen molar-refractivity contribution in [2.75, 3.05) is 19.8 Å². The standard InChI is InChI=1S/C58H70F3N3O3Si2/c1-38(2)68(39(3)4,40(5)6)34-30-45-48(59)28-27-41-21-19-26-46(50(41)45)51-49(60)35-47-53(52(51)61)62-55(63-54(47)67-56(7,8)9)65-37-58-31-20-33-64(58)42(29-32-58)36-66-69(57(10,11)12,43-22-15-13-16-23-43)44-24-17-14-18-25-44/h13-19,21-28,35,38-40,42H,20,29,31-33,36-37H2,1-12H3/t42-,58-/m0/s1. The Labute approximate surface area is 410 Å². The minimum Gasteiger partial charge on any atom is -0.471 e. The van der Waals surface area contributed by atoms with E-state index in [0.717, 1.165) is 32.2 Å². The molecule has 2 saturated heterocycles. The van der Waals surface area contributed by atoms with Gasteiger partial charge in [-0.05, 0) is 108 Å². The van der Waals surface area contributed by atoms with Crippen LogP contribution in [0.15, 0.2) is 97.1 Å². The van der Waals surface area contributed by atoms with Crippen molar-refractivity contribution in [3.63, 3.8) is 0 Å². The van der Waals surface area contributed by atoms with Gasteiger partial charge in [0.15, 0.2) is 5.82 Å². The largest absolute Gasteiger partial charge is 0.471 e. The van der Waals surface area contributed by atoms with Gasteiger partial charge in [-0.25, -0.2) is 13.2 Å². The maximum atomic E-state index is 17.6. The fourth-order valence-corrected chi connectivity index (χ4v) is 21.9. The molecule has 0 unspecified atom stereocenters. The van der Waals surface area contributed by atoms with E-state index in [1.54, 1.807) is 18.2 Å². The number of aromatic nitrogens is 2. The molecule has 6 nitrogen and oxygen atoms in total. The Hall–Kier alpha value is -5.00. The van der Waals surface area contributed by atoms with Crippen molar-refractivity contribution in [3.8, 4) is 34.5 Å². The molecule has 0 bridgehead atoms. The first-order valence-electron chi connectivity index (χ1n) is 24.9. The average Bonchev–Trinajstić information content (AvgIpc) is 3.86. The molecule has 0 amide bonds. The smallest absolute Gasteiger partial charge is 0.320 e. The third kappa shape index (κ3) is 9.27. The number of hydrogen-bond acceptors (Lipinski definition) is 6. The van der Waals surface area contributed by atoms with Crippen molar-refractivity contribution in [2.45, 2.75) is 148 Å². The van der Waals surface area contributed by atoms with E-state index in [-0.39, 0.29) is 62.7 Å². The number of halogens is 3. The van der Waals surface area contributed by atoms with E-state index in [2.05, 4.69) is 139 Å².